The van der Waals surface area contributed by atoms with Crippen molar-refractivity contribution in [3.63, 3.8) is 0 Å². The number of halogens is 3. The van der Waals surface area contributed by atoms with Gasteiger partial charge in [-0.1, -0.05) is 12.1 Å². The second-order valence-corrected chi connectivity index (χ2v) is 3.47. The quantitative estimate of drug-likeness (QED) is 0.867. The van der Waals surface area contributed by atoms with Crippen LogP contribution in [0.5, 0.6) is 5.75 Å². The van der Waals surface area contributed by atoms with Crippen LogP contribution in [0, 0.1) is 0 Å². The minimum Gasteiger partial charge on any atom is -0.508 e. The Hall–Kier alpha value is -1.23. The number of benzene rings is 1. The summed E-state index contributed by atoms with van der Waals surface area (Å²) < 4.78 is 41.4. The van der Waals surface area contributed by atoms with Gasteiger partial charge in [-0.05, 0) is 30.5 Å². The molecule has 1 atom stereocenters. The molecule has 1 aromatic carbocycles. The van der Waals surface area contributed by atoms with Crippen molar-refractivity contribution in [2.75, 3.05) is 7.11 Å². The van der Waals surface area contributed by atoms with Crippen molar-refractivity contribution < 1.29 is 23.0 Å². The lowest BCUT2D eigenvalue weighted by atomic mass is 10.1. The molecule has 5 heteroatoms. The van der Waals surface area contributed by atoms with Crippen LogP contribution in [-0.2, 0) is 11.2 Å². The molecule has 0 aliphatic heterocycles. The number of phenolic OH excluding ortho intramolecular Hbond substituents is 1. The zero-order valence-corrected chi connectivity index (χ0v) is 8.79. The Morgan fingerprint density at radius 1 is 1.38 bits per heavy atom. The fraction of sp³-hybridized carbons (Fsp3) is 0.455. The maximum absolute atomic E-state index is 12.3. The van der Waals surface area contributed by atoms with Gasteiger partial charge in [0.2, 0.25) is 0 Å². The molecule has 1 rings (SSSR count). The highest BCUT2D eigenvalue weighted by Crippen LogP contribution is 2.26. The molecule has 0 heterocycles. The van der Waals surface area contributed by atoms with Crippen LogP contribution in [0.2, 0.25) is 0 Å². The number of alkyl halides is 3. The zero-order valence-electron chi connectivity index (χ0n) is 8.79. The molecule has 0 aliphatic carbocycles. The number of hydrogen-bond acceptors (Lipinski definition) is 2. The molecule has 1 N–H and O–H groups in total. The SMILES string of the molecule is COC(CCc1cccc(O)c1)C(F)(F)F. The largest absolute Gasteiger partial charge is 0.508 e. The molecule has 0 bridgehead atoms. The van der Waals surface area contributed by atoms with Crippen LogP contribution in [0.1, 0.15) is 12.0 Å². The van der Waals surface area contributed by atoms with E-state index >= 15 is 0 Å². The van der Waals surface area contributed by atoms with Crippen molar-refractivity contribution >= 4 is 0 Å². The molecule has 0 aliphatic rings. The number of phenols is 1. The summed E-state index contributed by atoms with van der Waals surface area (Å²) in [5.41, 5.74) is 0.659. The smallest absolute Gasteiger partial charge is 0.414 e. The molecule has 1 unspecified atom stereocenters. The van der Waals surface area contributed by atoms with Crippen LogP contribution in [0.15, 0.2) is 24.3 Å². The van der Waals surface area contributed by atoms with Gasteiger partial charge in [0, 0.05) is 7.11 Å². The van der Waals surface area contributed by atoms with Crippen LogP contribution in [-0.4, -0.2) is 24.5 Å². The molecule has 0 amide bonds. The monoisotopic (exact) mass is 234 g/mol. The lowest BCUT2D eigenvalue weighted by molar-refractivity contribution is -0.214. The third-order valence-corrected chi connectivity index (χ3v) is 2.26. The summed E-state index contributed by atoms with van der Waals surface area (Å²) in [6, 6.07) is 6.19. The third-order valence-electron chi connectivity index (χ3n) is 2.26. The topological polar surface area (TPSA) is 29.5 Å². The van der Waals surface area contributed by atoms with Gasteiger partial charge in [-0.3, -0.25) is 0 Å². The van der Waals surface area contributed by atoms with E-state index in [1.54, 1.807) is 12.1 Å². The second-order valence-electron chi connectivity index (χ2n) is 3.47. The Labute approximate surface area is 91.7 Å². The van der Waals surface area contributed by atoms with Crippen molar-refractivity contribution in [2.24, 2.45) is 0 Å². The van der Waals surface area contributed by atoms with Gasteiger partial charge in [0.1, 0.15) is 5.75 Å². The number of aromatic hydroxyl groups is 1. The predicted octanol–water partition coefficient (Wildman–Crippen LogP) is 2.90. The molecule has 0 radical (unpaired) electrons. The first-order valence-electron chi connectivity index (χ1n) is 4.81. The molecular formula is C11H13F3O2. The molecule has 0 spiro atoms. The first kappa shape index (κ1) is 12.8. The van der Waals surface area contributed by atoms with Crippen LogP contribution in [0.25, 0.3) is 0 Å². The summed E-state index contributed by atoms with van der Waals surface area (Å²) in [6.45, 7) is 0. The molecule has 90 valence electrons. The summed E-state index contributed by atoms with van der Waals surface area (Å²) in [4.78, 5) is 0. The summed E-state index contributed by atoms with van der Waals surface area (Å²) >= 11 is 0. The van der Waals surface area contributed by atoms with Crippen molar-refractivity contribution in [1.29, 1.82) is 0 Å². The van der Waals surface area contributed by atoms with Gasteiger partial charge in [0.25, 0.3) is 0 Å². The van der Waals surface area contributed by atoms with E-state index in [-0.39, 0.29) is 18.6 Å². The van der Waals surface area contributed by atoms with E-state index in [9.17, 15) is 13.2 Å². The van der Waals surface area contributed by atoms with Gasteiger partial charge in [0.05, 0.1) is 0 Å². The average molecular weight is 234 g/mol. The summed E-state index contributed by atoms with van der Waals surface area (Å²) in [5.74, 6) is 0.0541. The zero-order chi connectivity index (χ0) is 12.2. The van der Waals surface area contributed by atoms with Crippen molar-refractivity contribution in [2.45, 2.75) is 25.1 Å². The number of methoxy groups -OCH3 is 1. The number of hydrogen-bond donors (Lipinski definition) is 1. The summed E-state index contributed by atoms with van der Waals surface area (Å²) in [7, 11) is 1.04. The molecular weight excluding hydrogens is 221 g/mol. The molecule has 2 nitrogen and oxygen atoms in total. The predicted molar refractivity (Wildman–Crippen MR) is 53.3 cm³/mol. The fourth-order valence-electron chi connectivity index (χ4n) is 1.42. The van der Waals surface area contributed by atoms with Crippen molar-refractivity contribution in [3.05, 3.63) is 29.8 Å². The van der Waals surface area contributed by atoms with E-state index in [1.807, 2.05) is 0 Å². The molecule has 0 fully saturated rings. The standard InChI is InChI=1S/C11H13F3O2/c1-16-10(11(12,13)14)6-5-8-3-2-4-9(15)7-8/h2-4,7,10,15H,5-6H2,1H3. The minimum absolute atomic E-state index is 0.0541. The Kier molecular flexibility index (Phi) is 4.18. The second kappa shape index (κ2) is 5.21. The van der Waals surface area contributed by atoms with E-state index in [4.69, 9.17) is 5.11 Å². The molecule has 0 aromatic heterocycles. The molecule has 0 saturated heterocycles. The van der Waals surface area contributed by atoms with Crippen LogP contribution >= 0.6 is 0 Å². The van der Waals surface area contributed by atoms with Crippen LogP contribution < -0.4 is 0 Å². The van der Waals surface area contributed by atoms with Gasteiger partial charge in [-0.15, -0.1) is 0 Å². The van der Waals surface area contributed by atoms with Crippen molar-refractivity contribution in [1.82, 2.24) is 0 Å². The van der Waals surface area contributed by atoms with Gasteiger partial charge in [-0.25, -0.2) is 0 Å². The fourth-order valence-corrected chi connectivity index (χ4v) is 1.42. The highest BCUT2D eigenvalue weighted by molar-refractivity contribution is 5.27. The maximum Gasteiger partial charge on any atom is 0.414 e. The molecule has 0 saturated carbocycles. The Morgan fingerprint density at radius 3 is 2.56 bits per heavy atom. The van der Waals surface area contributed by atoms with Gasteiger partial charge >= 0.3 is 6.18 Å². The van der Waals surface area contributed by atoms with Gasteiger partial charge in [0.15, 0.2) is 6.10 Å². The lowest BCUT2D eigenvalue weighted by Crippen LogP contribution is -2.31. The third kappa shape index (κ3) is 3.73. The van der Waals surface area contributed by atoms with E-state index < -0.39 is 12.3 Å². The van der Waals surface area contributed by atoms with Gasteiger partial charge in [-0.2, -0.15) is 13.2 Å². The van der Waals surface area contributed by atoms with Crippen molar-refractivity contribution in [3.8, 4) is 5.75 Å². The van der Waals surface area contributed by atoms with E-state index in [2.05, 4.69) is 4.74 Å². The molecule has 16 heavy (non-hydrogen) atoms. The van der Waals surface area contributed by atoms with E-state index in [0.29, 0.717) is 5.56 Å². The van der Waals surface area contributed by atoms with Crippen LogP contribution in [0.3, 0.4) is 0 Å². The molecule has 1 aromatic rings. The first-order valence-corrected chi connectivity index (χ1v) is 4.81. The maximum atomic E-state index is 12.3. The normalized spacial score (nSPS) is 13.8. The number of rotatable bonds is 4. The highest BCUT2D eigenvalue weighted by Gasteiger charge is 2.39. The lowest BCUT2D eigenvalue weighted by Gasteiger charge is -2.18. The van der Waals surface area contributed by atoms with Gasteiger partial charge < -0.3 is 9.84 Å². The number of aryl methyl sites for hydroxylation is 1. The Morgan fingerprint density at radius 2 is 2.06 bits per heavy atom. The Bertz CT molecular complexity index is 336. The van der Waals surface area contributed by atoms with Crippen LogP contribution in [0.4, 0.5) is 13.2 Å². The van der Waals surface area contributed by atoms with E-state index in [1.165, 1.54) is 12.1 Å². The number of ether oxygens (including phenoxy) is 1. The minimum atomic E-state index is -4.34. The average Bonchev–Trinajstić information content (AvgIpc) is 2.16. The Balaban J connectivity index is 2.56. The summed E-state index contributed by atoms with van der Waals surface area (Å²) in [5, 5.41) is 9.14. The summed E-state index contributed by atoms with van der Waals surface area (Å²) in [6.07, 6.45) is -6.03. The first-order chi connectivity index (χ1) is 7.43. The van der Waals surface area contributed by atoms with E-state index in [0.717, 1.165) is 7.11 Å². The highest BCUT2D eigenvalue weighted by atomic mass is 19.4.